The van der Waals surface area contributed by atoms with Gasteiger partial charge in [0.05, 0.1) is 23.1 Å². The number of imidazole rings is 1. The van der Waals surface area contributed by atoms with Gasteiger partial charge in [-0.3, -0.25) is 9.55 Å². The largest absolute Gasteiger partial charge is 0.383 e. The van der Waals surface area contributed by atoms with Gasteiger partial charge in [0.15, 0.2) is 11.5 Å². The lowest BCUT2D eigenvalue weighted by molar-refractivity contribution is 0.622. The van der Waals surface area contributed by atoms with Crippen LogP contribution in [0.1, 0.15) is 12.5 Å². The number of anilines is 1. The first-order valence-electron chi connectivity index (χ1n) is 10.1. The van der Waals surface area contributed by atoms with E-state index in [2.05, 4.69) is 21.9 Å². The standard InChI is InChI=1S/C24H18F2N6/c1-2-14-3-6-16(7-4-14)32-23-20(31-24(32)21-17(26)11-12-28-22(21)27)10-9-19(30-23)18-8-5-15(25)13-29-18/h3-13H,2H2,1H3,(H2,27,28). The number of fused-ring (bicyclic) bond motifs is 1. The van der Waals surface area contributed by atoms with Gasteiger partial charge in [0.1, 0.15) is 23.0 Å². The fraction of sp³-hybridized carbons (Fsp3) is 0.0833. The fourth-order valence-corrected chi connectivity index (χ4v) is 3.59. The topological polar surface area (TPSA) is 82.5 Å². The zero-order chi connectivity index (χ0) is 22.2. The average molecular weight is 428 g/mol. The molecule has 4 aromatic heterocycles. The van der Waals surface area contributed by atoms with E-state index in [1.165, 1.54) is 18.3 Å². The Hall–Kier alpha value is -4.20. The molecule has 0 saturated carbocycles. The summed E-state index contributed by atoms with van der Waals surface area (Å²) in [5, 5.41) is 0. The van der Waals surface area contributed by atoms with Gasteiger partial charge in [-0.15, -0.1) is 0 Å². The van der Waals surface area contributed by atoms with Crippen LogP contribution in [-0.2, 0) is 6.42 Å². The van der Waals surface area contributed by atoms with Crippen molar-refractivity contribution in [3.05, 3.63) is 84.2 Å². The van der Waals surface area contributed by atoms with E-state index in [0.717, 1.165) is 23.9 Å². The zero-order valence-corrected chi connectivity index (χ0v) is 17.1. The summed E-state index contributed by atoms with van der Waals surface area (Å²) >= 11 is 0. The number of nitrogen functional groups attached to an aromatic ring is 1. The zero-order valence-electron chi connectivity index (χ0n) is 17.1. The Morgan fingerprint density at radius 2 is 1.66 bits per heavy atom. The molecular formula is C24H18F2N6. The third-order valence-electron chi connectivity index (χ3n) is 5.25. The monoisotopic (exact) mass is 428 g/mol. The van der Waals surface area contributed by atoms with Gasteiger partial charge in [0, 0.05) is 11.9 Å². The van der Waals surface area contributed by atoms with Crippen molar-refractivity contribution in [2.45, 2.75) is 13.3 Å². The summed E-state index contributed by atoms with van der Waals surface area (Å²) in [7, 11) is 0. The molecule has 6 nitrogen and oxygen atoms in total. The molecule has 0 saturated heterocycles. The van der Waals surface area contributed by atoms with Crippen molar-refractivity contribution in [1.82, 2.24) is 24.5 Å². The number of hydrogen-bond acceptors (Lipinski definition) is 5. The van der Waals surface area contributed by atoms with Gasteiger partial charge in [-0.2, -0.15) is 0 Å². The van der Waals surface area contributed by atoms with Crippen LogP contribution in [-0.4, -0.2) is 24.5 Å². The molecule has 0 aliphatic heterocycles. The summed E-state index contributed by atoms with van der Waals surface area (Å²) in [5.41, 5.74) is 10.1. The highest BCUT2D eigenvalue weighted by molar-refractivity contribution is 5.84. The van der Waals surface area contributed by atoms with E-state index >= 15 is 0 Å². The van der Waals surface area contributed by atoms with Gasteiger partial charge in [0.2, 0.25) is 0 Å². The maximum absolute atomic E-state index is 14.8. The summed E-state index contributed by atoms with van der Waals surface area (Å²) in [6.45, 7) is 2.07. The normalized spacial score (nSPS) is 11.2. The lowest BCUT2D eigenvalue weighted by atomic mass is 10.1. The Morgan fingerprint density at radius 1 is 0.875 bits per heavy atom. The van der Waals surface area contributed by atoms with Crippen LogP contribution in [0.2, 0.25) is 0 Å². The second-order valence-electron chi connectivity index (χ2n) is 7.24. The SMILES string of the molecule is CCc1ccc(-n2c(-c3c(F)ccnc3N)nc3ccc(-c4ccc(F)cn4)nc32)cc1. The van der Waals surface area contributed by atoms with E-state index in [1.807, 2.05) is 24.3 Å². The Morgan fingerprint density at radius 3 is 2.34 bits per heavy atom. The molecule has 0 amide bonds. The minimum Gasteiger partial charge on any atom is -0.383 e. The fourth-order valence-electron chi connectivity index (χ4n) is 3.59. The first kappa shape index (κ1) is 19.7. The summed E-state index contributed by atoms with van der Waals surface area (Å²) in [6.07, 6.45) is 3.34. The number of aromatic nitrogens is 5. The van der Waals surface area contributed by atoms with E-state index in [9.17, 15) is 8.78 Å². The summed E-state index contributed by atoms with van der Waals surface area (Å²) in [5.74, 6) is -0.628. The lowest BCUT2D eigenvalue weighted by Gasteiger charge is -2.11. The molecule has 8 heteroatoms. The smallest absolute Gasteiger partial charge is 0.165 e. The van der Waals surface area contributed by atoms with Crippen molar-refractivity contribution in [3.8, 4) is 28.5 Å². The Labute approximate surface area is 182 Å². The second-order valence-corrected chi connectivity index (χ2v) is 7.24. The lowest BCUT2D eigenvalue weighted by Crippen LogP contribution is -2.04. The van der Waals surface area contributed by atoms with E-state index < -0.39 is 11.6 Å². The van der Waals surface area contributed by atoms with Crippen LogP contribution in [0.25, 0.3) is 39.6 Å². The molecule has 1 aromatic carbocycles. The molecule has 5 rings (SSSR count). The highest BCUT2D eigenvalue weighted by Crippen LogP contribution is 2.33. The minimum absolute atomic E-state index is 0.0344. The number of pyridine rings is 3. The van der Waals surface area contributed by atoms with Crippen molar-refractivity contribution in [1.29, 1.82) is 0 Å². The van der Waals surface area contributed by atoms with Crippen LogP contribution in [0.4, 0.5) is 14.6 Å². The molecule has 0 fully saturated rings. The van der Waals surface area contributed by atoms with Gasteiger partial charge < -0.3 is 5.73 Å². The number of nitrogens with two attached hydrogens (primary N) is 1. The van der Waals surface area contributed by atoms with Gasteiger partial charge in [-0.05, 0) is 54.4 Å². The Balaban J connectivity index is 1.80. The number of benzene rings is 1. The third-order valence-corrected chi connectivity index (χ3v) is 5.25. The molecule has 0 radical (unpaired) electrons. The maximum Gasteiger partial charge on any atom is 0.165 e. The molecule has 158 valence electrons. The molecule has 0 aliphatic rings. The van der Waals surface area contributed by atoms with Crippen molar-refractivity contribution < 1.29 is 8.78 Å². The minimum atomic E-state index is -0.528. The molecule has 5 aromatic rings. The average Bonchev–Trinajstić information content (AvgIpc) is 3.17. The molecule has 0 aliphatic carbocycles. The van der Waals surface area contributed by atoms with Crippen LogP contribution in [0.15, 0.2) is 67.0 Å². The molecule has 0 atom stereocenters. The van der Waals surface area contributed by atoms with E-state index in [1.54, 1.807) is 22.8 Å². The Bertz CT molecular complexity index is 1410. The Kier molecular flexibility index (Phi) is 4.82. The molecule has 2 N–H and O–H groups in total. The van der Waals surface area contributed by atoms with Gasteiger partial charge in [-0.25, -0.2) is 23.7 Å². The van der Waals surface area contributed by atoms with Gasteiger partial charge >= 0.3 is 0 Å². The molecule has 0 spiro atoms. The first-order chi connectivity index (χ1) is 15.5. The predicted molar refractivity (Wildman–Crippen MR) is 119 cm³/mol. The predicted octanol–water partition coefficient (Wildman–Crippen LogP) is 4.97. The van der Waals surface area contributed by atoms with Crippen LogP contribution in [0.5, 0.6) is 0 Å². The van der Waals surface area contributed by atoms with Crippen LogP contribution in [0.3, 0.4) is 0 Å². The number of halogens is 2. The van der Waals surface area contributed by atoms with E-state index in [-0.39, 0.29) is 11.4 Å². The number of aryl methyl sites for hydroxylation is 1. The van der Waals surface area contributed by atoms with Crippen molar-refractivity contribution >= 4 is 17.0 Å². The summed E-state index contributed by atoms with van der Waals surface area (Å²) in [4.78, 5) is 17.5. The number of rotatable bonds is 4. The van der Waals surface area contributed by atoms with Crippen molar-refractivity contribution in [2.24, 2.45) is 0 Å². The quantitative estimate of drug-likeness (QED) is 0.437. The molecule has 0 bridgehead atoms. The molecular weight excluding hydrogens is 410 g/mol. The summed E-state index contributed by atoms with van der Waals surface area (Å²) < 4.78 is 29.9. The van der Waals surface area contributed by atoms with Gasteiger partial charge in [0.25, 0.3) is 0 Å². The molecule has 0 unspecified atom stereocenters. The second kappa shape index (κ2) is 7.81. The summed E-state index contributed by atoms with van der Waals surface area (Å²) in [6, 6.07) is 15.5. The number of nitrogens with zero attached hydrogens (tertiary/aromatic N) is 5. The first-order valence-corrected chi connectivity index (χ1v) is 10.1. The number of hydrogen-bond donors (Lipinski definition) is 1. The van der Waals surface area contributed by atoms with E-state index in [4.69, 9.17) is 10.7 Å². The maximum atomic E-state index is 14.8. The van der Waals surface area contributed by atoms with Crippen LogP contribution >= 0.6 is 0 Å². The third kappa shape index (κ3) is 3.35. The van der Waals surface area contributed by atoms with Crippen molar-refractivity contribution in [2.75, 3.05) is 5.73 Å². The highest BCUT2D eigenvalue weighted by atomic mass is 19.1. The molecule has 4 heterocycles. The van der Waals surface area contributed by atoms with Crippen molar-refractivity contribution in [3.63, 3.8) is 0 Å². The van der Waals surface area contributed by atoms with Crippen LogP contribution in [0, 0.1) is 11.6 Å². The van der Waals surface area contributed by atoms with Gasteiger partial charge in [-0.1, -0.05) is 19.1 Å². The van der Waals surface area contributed by atoms with E-state index in [0.29, 0.717) is 28.4 Å². The highest BCUT2D eigenvalue weighted by Gasteiger charge is 2.21. The molecule has 32 heavy (non-hydrogen) atoms. The van der Waals surface area contributed by atoms with Crippen LogP contribution < -0.4 is 5.73 Å².